The number of piperidine rings is 1. The quantitative estimate of drug-likeness (QED) is 0.525. The summed E-state index contributed by atoms with van der Waals surface area (Å²) in [6.07, 6.45) is 1.09. The predicted octanol–water partition coefficient (Wildman–Crippen LogP) is 3.59. The number of aromatic nitrogens is 2. The minimum absolute atomic E-state index is 0.0278. The SMILES string of the molecule is CC(C)(C)OC(=O)NC1CCN(c2nc(-c3ccsc3)c3c(N)c(C(N)=O)sc3n2)CC1. The van der Waals surface area contributed by atoms with Crippen LogP contribution in [0.2, 0.25) is 0 Å². The number of primary amides is 1. The molecule has 2 amide bonds. The van der Waals surface area contributed by atoms with Crippen LogP contribution in [0.25, 0.3) is 21.5 Å². The second-order valence-corrected chi connectivity index (χ2v) is 10.5. The van der Waals surface area contributed by atoms with Gasteiger partial charge in [0.25, 0.3) is 5.91 Å². The second kappa shape index (κ2) is 8.55. The van der Waals surface area contributed by atoms with Crippen molar-refractivity contribution in [1.82, 2.24) is 15.3 Å². The number of amides is 2. The number of fused-ring (bicyclic) bond motifs is 1. The van der Waals surface area contributed by atoms with Crippen molar-refractivity contribution in [2.75, 3.05) is 23.7 Å². The number of nitrogens with zero attached hydrogens (tertiary/aromatic N) is 3. The molecule has 1 saturated heterocycles. The predicted molar refractivity (Wildman–Crippen MR) is 128 cm³/mol. The van der Waals surface area contributed by atoms with Crippen LogP contribution < -0.4 is 21.7 Å². The average molecular weight is 475 g/mol. The van der Waals surface area contributed by atoms with Crippen LogP contribution in [-0.2, 0) is 4.74 Å². The molecule has 9 nitrogen and oxygen atoms in total. The molecule has 170 valence electrons. The molecule has 32 heavy (non-hydrogen) atoms. The van der Waals surface area contributed by atoms with E-state index < -0.39 is 17.6 Å². The van der Waals surface area contributed by atoms with Gasteiger partial charge in [-0.3, -0.25) is 4.79 Å². The van der Waals surface area contributed by atoms with Gasteiger partial charge in [-0.05, 0) is 45.1 Å². The van der Waals surface area contributed by atoms with E-state index in [1.165, 1.54) is 11.3 Å². The first-order valence-electron chi connectivity index (χ1n) is 10.3. The summed E-state index contributed by atoms with van der Waals surface area (Å²) in [5.74, 6) is 0.00374. The molecule has 1 fully saturated rings. The molecular weight excluding hydrogens is 448 g/mol. The molecule has 3 aromatic rings. The molecule has 1 aliphatic rings. The van der Waals surface area contributed by atoms with Gasteiger partial charge in [0.05, 0.1) is 16.8 Å². The van der Waals surface area contributed by atoms with Crippen molar-refractivity contribution in [3.8, 4) is 11.3 Å². The zero-order valence-corrected chi connectivity index (χ0v) is 19.8. The maximum atomic E-state index is 12.1. The molecule has 4 rings (SSSR count). The van der Waals surface area contributed by atoms with E-state index in [1.54, 1.807) is 11.3 Å². The first-order valence-corrected chi connectivity index (χ1v) is 12.0. The van der Waals surface area contributed by atoms with Crippen molar-refractivity contribution >= 4 is 56.5 Å². The monoisotopic (exact) mass is 474 g/mol. The Labute approximate surface area is 193 Å². The summed E-state index contributed by atoms with van der Waals surface area (Å²) in [4.78, 5) is 36.4. The summed E-state index contributed by atoms with van der Waals surface area (Å²) >= 11 is 2.75. The van der Waals surface area contributed by atoms with Crippen molar-refractivity contribution in [3.05, 3.63) is 21.7 Å². The van der Waals surface area contributed by atoms with E-state index in [0.29, 0.717) is 45.5 Å². The molecule has 0 saturated carbocycles. The third-order valence-corrected chi connectivity index (χ3v) is 6.89. The van der Waals surface area contributed by atoms with Gasteiger partial charge in [-0.25, -0.2) is 14.8 Å². The Bertz CT molecular complexity index is 1140. The number of hydrogen-bond donors (Lipinski definition) is 3. The van der Waals surface area contributed by atoms with Crippen molar-refractivity contribution in [2.24, 2.45) is 5.73 Å². The third-order valence-electron chi connectivity index (χ3n) is 5.09. The van der Waals surface area contributed by atoms with Gasteiger partial charge in [0, 0.05) is 30.1 Å². The van der Waals surface area contributed by atoms with E-state index in [0.717, 1.165) is 18.4 Å². The maximum absolute atomic E-state index is 12.1. The zero-order valence-electron chi connectivity index (χ0n) is 18.2. The fourth-order valence-corrected chi connectivity index (χ4v) is 5.22. The average Bonchev–Trinajstić information content (AvgIpc) is 3.35. The van der Waals surface area contributed by atoms with Gasteiger partial charge in [-0.2, -0.15) is 11.3 Å². The molecule has 0 aliphatic carbocycles. The van der Waals surface area contributed by atoms with Crippen molar-refractivity contribution in [1.29, 1.82) is 0 Å². The van der Waals surface area contributed by atoms with Crippen LogP contribution in [0.4, 0.5) is 16.4 Å². The van der Waals surface area contributed by atoms with Crippen LogP contribution in [0.1, 0.15) is 43.3 Å². The Morgan fingerprint density at radius 2 is 1.97 bits per heavy atom. The number of nitrogens with two attached hydrogens (primary N) is 2. The molecule has 0 atom stereocenters. The van der Waals surface area contributed by atoms with Crippen molar-refractivity contribution < 1.29 is 14.3 Å². The smallest absolute Gasteiger partial charge is 0.407 e. The lowest BCUT2D eigenvalue weighted by Crippen LogP contribution is -2.46. The molecule has 0 spiro atoms. The van der Waals surface area contributed by atoms with Crippen LogP contribution >= 0.6 is 22.7 Å². The van der Waals surface area contributed by atoms with E-state index in [4.69, 9.17) is 26.2 Å². The molecule has 0 bridgehead atoms. The van der Waals surface area contributed by atoms with Crippen LogP contribution in [-0.4, -0.2) is 46.7 Å². The number of alkyl carbamates (subject to hydrolysis) is 1. The number of rotatable bonds is 4. The van der Waals surface area contributed by atoms with Crippen LogP contribution in [0.5, 0.6) is 0 Å². The second-order valence-electron chi connectivity index (χ2n) is 8.68. The molecule has 3 aromatic heterocycles. The highest BCUT2D eigenvalue weighted by Crippen LogP contribution is 2.40. The lowest BCUT2D eigenvalue weighted by atomic mass is 10.1. The summed E-state index contributed by atoms with van der Waals surface area (Å²) in [7, 11) is 0. The normalized spacial score (nSPS) is 15.2. The Balaban J connectivity index is 1.58. The van der Waals surface area contributed by atoms with Gasteiger partial charge in [0.2, 0.25) is 5.95 Å². The first kappa shape index (κ1) is 22.3. The van der Waals surface area contributed by atoms with Crippen molar-refractivity contribution in [2.45, 2.75) is 45.3 Å². The van der Waals surface area contributed by atoms with E-state index in [1.807, 2.05) is 37.6 Å². The van der Waals surface area contributed by atoms with Gasteiger partial charge < -0.3 is 26.4 Å². The lowest BCUT2D eigenvalue weighted by molar-refractivity contribution is 0.0497. The number of anilines is 2. The number of carbonyl (C=O) groups excluding carboxylic acids is 2. The first-order chi connectivity index (χ1) is 15.1. The summed E-state index contributed by atoms with van der Waals surface area (Å²) < 4.78 is 5.35. The van der Waals surface area contributed by atoms with Crippen LogP contribution in [0.3, 0.4) is 0 Å². The van der Waals surface area contributed by atoms with E-state index in [9.17, 15) is 9.59 Å². The number of nitrogen functional groups attached to an aromatic ring is 1. The van der Waals surface area contributed by atoms with Gasteiger partial charge in [-0.1, -0.05) is 0 Å². The van der Waals surface area contributed by atoms with Crippen molar-refractivity contribution in [3.63, 3.8) is 0 Å². The highest BCUT2D eigenvalue weighted by atomic mass is 32.1. The molecule has 4 heterocycles. The lowest BCUT2D eigenvalue weighted by Gasteiger charge is -2.33. The summed E-state index contributed by atoms with van der Waals surface area (Å²) in [5, 5.41) is 7.56. The Morgan fingerprint density at radius 3 is 2.56 bits per heavy atom. The van der Waals surface area contributed by atoms with E-state index in [-0.39, 0.29) is 6.04 Å². The molecule has 5 N–H and O–H groups in total. The number of thiophene rings is 2. The summed E-state index contributed by atoms with van der Waals surface area (Å²) in [6, 6.07) is 1.99. The minimum Gasteiger partial charge on any atom is -0.444 e. The highest BCUT2D eigenvalue weighted by molar-refractivity contribution is 7.21. The van der Waals surface area contributed by atoms with E-state index >= 15 is 0 Å². The maximum Gasteiger partial charge on any atom is 0.407 e. The minimum atomic E-state index is -0.572. The molecule has 0 aromatic carbocycles. The third kappa shape index (κ3) is 4.63. The number of hydrogen-bond acceptors (Lipinski definition) is 9. The fraction of sp³-hybridized carbons (Fsp3) is 0.429. The fourth-order valence-electron chi connectivity index (χ4n) is 3.64. The number of ether oxygens (including phenoxy) is 1. The highest BCUT2D eigenvalue weighted by Gasteiger charge is 2.27. The Kier molecular flexibility index (Phi) is 5.95. The number of carbonyl (C=O) groups is 2. The van der Waals surface area contributed by atoms with Crippen LogP contribution in [0.15, 0.2) is 16.8 Å². The summed E-state index contributed by atoms with van der Waals surface area (Å²) in [5.41, 5.74) is 13.2. The molecule has 0 unspecified atom stereocenters. The van der Waals surface area contributed by atoms with Gasteiger partial charge >= 0.3 is 6.09 Å². The van der Waals surface area contributed by atoms with Crippen LogP contribution in [0, 0.1) is 0 Å². The summed E-state index contributed by atoms with van der Waals surface area (Å²) in [6.45, 7) is 6.88. The standard InChI is InChI=1S/C21H26N6O3S2/c1-21(2,3)30-20(29)24-12-4-7-27(8-5-12)19-25-15(11-6-9-31-10-11)13-14(22)16(17(23)28)32-18(13)26-19/h6,9-10,12H,4-5,7-8,22H2,1-3H3,(H2,23,28)(H,24,29). The Morgan fingerprint density at radius 1 is 1.25 bits per heavy atom. The topological polar surface area (TPSA) is 136 Å². The van der Waals surface area contributed by atoms with Gasteiger partial charge in [-0.15, -0.1) is 11.3 Å². The zero-order chi connectivity index (χ0) is 23.0. The Hall–Kier alpha value is -2.92. The molecule has 0 radical (unpaired) electrons. The molecule has 1 aliphatic heterocycles. The molecule has 11 heteroatoms. The van der Waals surface area contributed by atoms with Gasteiger partial charge in [0.15, 0.2) is 0 Å². The largest absolute Gasteiger partial charge is 0.444 e. The van der Waals surface area contributed by atoms with Gasteiger partial charge in [0.1, 0.15) is 15.3 Å². The number of nitrogens with one attached hydrogen (secondary N) is 1. The van der Waals surface area contributed by atoms with E-state index in [2.05, 4.69) is 10.2 Å². The molecular formula is C21H26N6O3S2.